The number of carbonyl (C=O) groups is 1. The van der Waals surface area contributed by atoms with Crippen LogP contribution in [-0.4, -0.2) is 50.4 Å². The minimum atomic E-state index is -0.616. The predicted octanol–water partition coefficient (Wildman–Crippen LogP) is 4.60. The van der Waals surface area contributed by atoms with Gasteiger partial charge >= 0.3 is 0 Å². The summed E-state index contributed by atoms with van der Waals surface area (Å²) < 4.78 is 29.1. The predicted molar refractivity (Wildman–Crippen MR) is 126 cm³/mol. The molecule has 10 heteroatoms. The molecule has 0 saturated heterocycles. The van der Waals surface area contributed by atoms with Crippen LogP contribution in [0.15, 0.2) is 41.5 Å². The Balaban J connectivity index is 1.72. The summed E-state index contributed by atoms with van der Waals surface area (Å²) in [6.07, 6.45) is 1.38. The van der Waals surface area contributed by atoms with Crippen LogP contribution >= 0.6 is 11.6 Å². The van der Waals surface area contributed by atoms with Crippen LogP contribution in [0.2, 0.25) is 5.02 Å². The Morgan fingerprint density at radius 3 is 2.65 bits per heavy atom. The van der Waals surface area contributed by atoms with Gasteiger partial charge in [0, 0.05) is 23.3 Å². The Morgan fingerprint density at radius 1 is 1.21 bits per heavy atom. The number of hydrogen-bond acceptors (Lipinski definition) is 5. The summed E-state index contributed by atoms with van der Waals surface area (Å²) in [4.78, 5) is 30.4. The van der Waals surface area contributed by atoms with E-state index in [9.17, 15) is 13.6 Å². The van der Waals surface area contributed by atoms with Gasteiger partial charge in [0.15, 0.2) is 5.69 Å². The number of anilines is 1. The second-order valence-electron chi connectivity index (χ2n) is 8.70. The number of hydrogen-bond donors (Lipinski definition) is 0. The monoisotopic (exact) mass is 484 g/mol. The first-order chi connectivity index (χ1) is 16.3. The van der Waals surface area contributed by atoms with E-state index in [4.69, 9.17) is 21.6 Å². The summed E-state index contributed by atoms with van der Waals surface area (Å²) in [6, 6.07) is 7.02. The van der Waals surface area contributed by atoms with Gasteiger partial charge in [-0.1, -0.05) is 31.5 Å². The smallest absolute Gasteiger partial charge is 0.283 e. The lowest BCUT2D eigenvalue weighted by Crippen LogP contribution is -2.50. The second-order valence-corrected chi connectivity index (χ2v) is 9.11. The van der Waals surface area contributed by atoms with Gasteiger partial charge in [-0.05, 0) is 42.7 Å². The van der Waals surface area contributed by atoms with Gasteiger partial charge in [0.05, 0.1) is 19.1 Å². The van der Waals surface area contributed by atoms with Gasteiger partial charge in [-0.25, -0.2) is 19.4 Å². The summed E-state index contributed by atoms with van der Waals surface area (Å²) in [5, 5.41) is 0.262. The Labute approximate surface area is 200 Å². The maximum atomic E-state index is 13.7. The van der Waals surface area contributed by atoms with Gasteiger partial charge in [-0.2, -0.15) is 4.39 Å². The maximum Gasteiger partial charge on any atom is 0.283 e. The van der Waals surface area contributed by atoms with E-state index in [0.29, 0.717) is 41.8 Å². The third-order valence-corrected chi connectivity index (χ3v) is 6.54. The van der Waals surface area contributed by atoms with Crippen LogP contribution < -0.4 is 4.90 Å². The van der Waals surface area contributed by atoms with Crippen LogP contribution in [0.5, 0.6) is 0 Å². The molecule has 1 amide bonds. The first kappa shape index (κ1) is 22.5. The van der Waals surface area contributed by atoms with Crippen molar-refractivity contribution in [1.29, 1.82) is 0 Å². The van der Waals surface area contributed by atoms with E-state index in [2.05, 4.69) is 18.8 Å². The molecular weight excluding hydrogens is 462 g/mol. The molecular formula is C24H23ClF2N6O. The summed E-state index contributed by atoms with van der Waals surface area (Å²) in [6.45, 7) is 7.35. The van der Waals surface area contributed by atoms with Crippen molar-refractivity contribution in [1.82, 2.24) is 19.4 Å². The van der Waals surface area contributed by atoms with E-state index < -0.39 is 11.8 Å². The SMILES string of the molecule is CCN1C(=O)c2nc(-c3ccc(F)nc3)n(Cc3ccc(F)cc3Cl)c2N2C[C@@H](C(C)C)N=C12. The second kappa shape index (κ2) is 8.47. The number of amides is 1. The van der Waals surface area contributed by atoms with E-state index in [1.54, 1.807) is 17.0 Å². The topological polar surface area (TPSA) is 66.6 Å². The summed E-state index contributed by atoms with van der Waals surface area (Å²) in [5.74, 6) is 0.597. The molecule has 0 aliphatic carbocycles. The lowest BCUT2D eigenvalue weighted by molar-refractivity contribution is 0.0841. The molecule has 34 heavy (non-hydrogen) atoms. The highest BCUT2D eigenvalue weighted by atomic mass is 35.5. The van der Waals surface area contributed by atoms with Crippen LogP contribution in [0.4, 0.5) is 14.6 Å². The maximum absolute atomic E-state index is 13.7. The number of guanidine groups is 1. The quantitative estimate of drug-likeness (QED) is 0.496. The molecule has 0 bridgehead atoms. The van der Waals surface area contributed by atoms with Crippen molar-refractivity contribution in [2.75, 3.05) is 18.0 Å². The summed E-state index contributed by atoms with van der Waals surface area (Å²) in [5.41, 5.74) is 1.48. The van der Waals surface area contributed by atoms with Gasteiger partial charge in [-0.3, -0.25) is 14.6 Å². The Bertz CT molecular complexity index is 1300. The number of pyridine rings is 1. The minimum absolute atomic E-state index is 0.0106. The molecule has 0 saturated carbocycles. The zero-order valence-corrected chi connectivity index (χ0v) is 19.7. The average Bonchev–Trinajstić information content (AvgIpc) is 3.39. The van der Waals surface area contributed by atoms with E-state index in [0.717, 1.165) is 0 Å². The van der Waals surface area contributed by atoms with Gasteiger partial charge in [0.2, 0.25) is 11.9 Å². The molecule has 7 nitrogen and oxygen atoms in total. The lowest BCUT2D eigenvalue weighted by Gasteiger charge is -2.34. The van der Waals surface area contributed by atoms with Crippen molar-refractivity contribution in [3.8, 4) is 11.4 Å². The van der Waals surface area contributed by atoms with Crippen LogP contribution in [0, 0.1) is 17.7 Å². The summed E-state index contributed by atoms with van der Waals surface area (Å²) in [7, 11) is 0. The van der Waals surface area contributed by atoms with E-state index >= 15 is 0 Å². The number of imidazole rings is 1. The summed E-state index contributed by atoms with van der Waals surface area (Å²) >= 11 is 6.35. The lowest BCUT2D eigenvalue weighted by atomic mass is 10.1. The van der Waals surface area contributed by atoms with Crippen LogP contribution in [0.25, 0.3) is 11.4 Å². The molecule has 0 unspecified atom stereocenters. The van der Waals surface area contributed by atoms with Gasteiger partial charge in [0.25, 0.3) is 5.91 Å². The normalized spacial score (nSPS) is 17.3. The van der Waals surface area contributed by atoms with Crippen molar-refractivity contribution in [2.24, 2.45) is 10.9 Å². The third-order valence-electron chi connectivity index (χ3n) is 6.19. The van der Waals surface area contributed by atoms with Crippen LogP contribution in [0.3, 0.4) is 0 Å². The first-order valence-corrected chi connectivity index (χ1v) is 11.5. The molecule has 0 radical (unpaired) electrons. The molecule has 4 heterocycles. The van der Waals surface area contributed by atoms with Crippen LogP contribution in [-0.2, 0) is 6.54 Å². The molecule has 0 N–H and O–H groups in total. The fourth-order valence-corrected chi connectivity index (χ4v) is 4.57. The molecule has 2 aliphatic rings. The highest BCUT2D eigenvalue weighted by Gasteiger charge is 2.44. The third kappa shape index (κ3) is 3.64. The van der Waals surface area contributed by atoms with Crippen molar-refractivity contribution in [2.45, 2.75) is 33.4 Å². The Hall–Kier alpha value is -3.33. The van der Waals surface area contributed by atoms with E-state index in [1.165, 1.54) is 24.4 Å². The Kier molecular flexibility index (Phi) is 5.59. The van der Waals surface area contributed by atoms with Crippen molar-refractivity contribution in [3.63, 3.8) is 0 Å². The van der Waals surface area contributed by atoms with Gasteiger partial charge < -0.3 is 4.57 Å². The number of halogens is 3. The zero-order chi connectivity index (χ0) is 24.1. The highest BCUT2D eigenvalue weighted by molar-refractivity contribution is 6.31. The highest BCUT2D eigenvalue weighted by Crippen LogP contribution is 2.38. The molecule has 0 fully saturated rings. The molecule has 1 aromatic carbocycles. The number of carbonyl (C=O) groups excluding carboxylic acids is 1. The Morgan fingerprint density at radius 2 is 2.00 bits per heavy atom. The fraction of sp³-hybridized carbons (Fsp3) is 0.333. The number of aliphatic imine (C=N–C) groups is 1. The number of rotatable bonds is 5. The van der Waals surface area contributed by atoms with Gasteiger partial charge in [-0.15, -0.1) is 0 Å². The zero-order valence-electron chi connectivity index (χ0n) is 19.0. The number of nitrogens with zero attached hydrogens (tertiary/aromatic N) is 6. The average molecular weight is 485 g/mol. The molecule has 2 aliphatic heterocycles. The fourth-order valence-electron chi connectivity index (χ4n) is 4.35. The number of fused-ring (bicyclic) bond motifs is 3. The number of aromatic nitrogens is 3. The van der Waals surface area contributed by atoms with Crippen LogP contribution in [0.1, 0.15) is 36.8 Å². The van der Waals surface area contributed by atoms with E-state index in [1.807, 2.05) is 16.4 Å². The van der Waals surface area contributed by atoms with Crippen molar-refractivity contribution >= 4 is 29.3 Å². The first-order valence-electron chi connectivity index (χ1n) is 11.1. The van der Waals surface area contributed by atoms with Crippen molar-refractivity contribution in [3.05, 3.63) is 64.6 Å². The number of benzene rings is 1. The molecule has 2 aromatic heterocycles. The molecule has 5 rings (SSSR count). The molecule has 1 atom stereocenters. The molecule has 176 valence electrons. The molecule has 3 aromatic rings. The van der Waals surface area contributed by atoms with Gasteiger partial charge in [0.1, 0.15) is 17.5 Å². The van der Waals surface area contributed by atoms with Crippen molar-refractivity contribution < 1.29 is 13.6 Å². The molecule has 0 spiro atoms. The minimum Gasteiger partial charge on any atom is -0.305 e. The van der Waals surface area contributed by atoms with E-state index in [-0.39, 0.29) is 35.1 Å². The standard InChI is InChI=1S/C24H23ClF2N6O/c1-4-31-23(34)20-22(33-12-18(13(2)3)29-24(31)33)32(11-15-5-7-16(26)9-17(15)25)21(30-20)14-6-8-19(27)28-10-14/h5-10,13,18H,4,11-12H2,1-3H3/t18-/m0/s1. The largest absolute Gasteiger partial charge is 0.305 e.